The second-order valence-electron chi connectivity index (χ2n) is 9.08. The van der Waals surface area contributed by atoms with Crippen molar-refractivity contribution in [3.8, 4) is 11.1 Å². The maximum atomic E-state index is 12.8. The van der Waals surface area contributed by atoms with Crippen LogP contribution in [-0.4, -0.2) is 63.6 Å². The zero-order valence-electron chi connectivity index (χ0n) is 21.1. The van der Waals surface area contributed by atoms with Crippen LogP contribution in [0.3, 0.4) is 0 Å². The molecule has 0 saturated carbocycles. The first-order valence-corrected chi connectivity index (χ1v) is 14.1. The Kier molecular flexibility index (Phi) is 10.0. The van der Waals surface area contributed by atoms with Crippen LogP contribution >= 0.6 is 0 Å². The first kappa shape index (κ1) is 27.8. The molecule has 8 heteroatoms. The number of ether oxygens (including phenoxy) is 1. The molecule has 1 saturated heterocycles. The summed E-state index contributed by atoms with van der Waals surface area (Å²) in [7, 11) is -3.23. The molecule has 0 radical (unpaired) electrons. The number of rotatable bonds is 11. The number of amides is 1. The molecule has 1 aliphatic heterocycles. The van der Waals surface area contributed by atoms with E-state index in [1.54, 1.807) is 24.3 Å². The third-order valence-corrected chi connectivity index (χ3v) is 7.39. The molecule has 7 nitrogen and oxygen atoms in total. The molecule has 36 heavy (non-hydrogen) atoms. The lowest BCUT2D eigenvalue weighted by molar-refractivity contribution is -0.124. The zero-order valence-corrected chi connectivity index (χ0v) is 21.9. The van der Waals surface area contributed by atoms with Gasteiger partial charge < -0.3 is 20.5 Å². The summed E-state index contributed by atoms with van der Waals surface area (Å²) in [5, 5.41) is 16.0. The van der Waals surface area contributed by atoms with Crippen LogP contribution in [0.4, 0.5) is 0 Å². The monoisotopic (exact) mass is 512 g/mol. The van der Waals surface area contributed by atoms with Gasteiger partial charge in [0.15, 0.2) is 9.84 Å². The molecule has 2 aromatic carbocycles. The summed E-state index contributed by atoms with van der Waals surface area (Å²) in [5.74, 6) is -0.137. The molecule has 0 spiro atoms. The number of aliphatic hydroxyl groups is 1. The number of hydrogen-bond donors (Lipinski definition) is 3. The third-order valence-electron chi connectivity index (χ3n) is 6.26. The summed E-state index contributed by atoms with van der Waals surface area (Å²) in [6.45, 7) is 4.90. The summed E-state index contributed by atoms with van der Waals surface area (Å²) in [6.07, 6.45) is 8.24. The fourth-order valence-corrected chi connectivity index (χ4v) is 4.79. The van der Waals surface area contributed by atoms with Crippen molar-refractivity contribution in [1.29, 1.82) is 0 Å². The normalized spacial score (nSPS) is 19.5. The van der Waals surface area contributed by atoms with Crippen LogP contribution in [0.1, 0.15) is 25.8 Å². The summed E-state index contributed by atoms with van der Waals surface area (Å²) >= 11 is 0. The SMILES string of the molecule is CC=CC(=CC)COC1CNC(C(=O)NC(CO)Cc2ccc(-c3ccc(S(C)(=O)=O)cc3)cc2)C1. The number of nitrogens with one attached hydrogen (secondary N) is 2. The van der Waals surface area contributed by atoms with Crippen molar-refractivity contribution in [2.45, 2.75) is 49.8 Å². The maximum absolute atomic E-state index is 12.8. The Bertz CT molecular complexity index is 1170. The molecule has 3 N–H and O–H groups in total. The predicted octanol–water partition coefficient (Wildman–Crippen LogP) is 3.05. The Balaban J connectivity index is 1.52. The van der Waals surface area contributed by atoms with Crippen LogP contribution in [0, 0.1) is 0 Å². The molecule has 3 rings (SSSR count). The van der Waals surface area contributed by atoms with Crippen molar-refractivity contribution in [3.63, 3.8) is 0 Å². The van der Waals surface area contributed by atoms with Gasteiger partial charge in [0.1, 0.15) is 0 Å². The number of allylic oxidation sites excluding steroid dienone is 2. The van der Waals surface area contributed by atoms with Gasteiger partial charge in [-0.15, -0.1) is 0 Å². The average molecular weight is 513 g/mol. The van der Waals surface area contributed by atoms with E-state index < -0.39 is 15.9 Å². The quantitative estimate of drug-likeness (QED) is 0.400. The first-order chi connectivity index (χ1) is 17.2. The van der Waals surface area contributed by atoms with Gasteiger partial charge in [-0.1, -0.05) is 54.6 Å². The molecule has 194 valence electrons. The predicted molar refractivity (Wildman–Crippen MR) is 142 cm³/mol. The van der Waals surface area contributed by atoms with Crippen LogP contribution in [-0.2, 0) is 25.8 Å². The molecular formula is C28H36N2O5S. The lowest BCUT2D eigenvalue weighted by Crippen LogP contribution is -2.47. The standard InChI is InChI=1S/C28H36N2O5S/c1-4-6-20(5-2)19-35-25-16-27(29-17-25)28(32)30-24(18-31)15-21-7-9-22(10-8-21)23-11-13-26(14-12-23)36(3,33)34/h4-14,24-25,27,29,31H,15-19H2,1-3H3,(H,30,32). The Hall–Kier alpha value is -2.78. The van der Waals surface area contributed by atoms with Crippen LogP contribution in [0.15, 0.2) is 77.2 Å². The van der Waals surface area contributed by atoms with Gasteiger partial charge in [0, 0.05) is 12.8 Å². The van der Waals surface area contributed by atoms with Crippen molar-refractivity contribution in [3.05, 3.63) is 77.9 Å². The Morgan fingerprint density at radius 2 is 1.78 bits per heavy atom. The van der Waals surface area contributed by atoms with E-state index in [2.05, 4.69) is 10.6 Å². The summed E-state index contributed by atoms with van der Waals surface area (Å²) < 4.78 is 29.3. The van der Waals surface area contributed by atoms with Crippen molar-refractivity contribution >= 4 is 15.7 Å². The van der Waals surface area contributed by atoms with E-state index in [0.29, 0.717) is 26.0 Å². The van der Waals surface area contributed by atoms with E-state index in [1.165, 1.54) is 6.26 Å². The average Bonchev–Trinajstić information content (AvgIpc) is 3.35. The molecular weight excluding hydrogens is 476 g/mol. The maximum Gasteiger partial charge on any atom is 0.237 e. The van der Waals surface area contributed by atoms with E-state index in [9.17, 15) is 18.3 Å². The molecule has 0 aromatic heterocycles. The minimum atomic E-state index is -3.23. The molecule has 1 aliphatic rings. The van der Waals surface area contributed by atoms with Crippen molar-refractivity contribution in [2.75, 3.05) is 26.0 Å². The van der Waals surface area contributed by atoms with Gasteiger partial charge in [-0.3, -0.25) is 4.79 Å². The molecule has 0 bridgehead atoms. The second kappa shape index (κ2) is 13.0. The first-order valence-electron chi connectivity index (χ1n) is 12.2. The van der Waals surface area contributed by atoms with E-state index in [0.717, 1.165) is 22.3 Å². The van der Waals surface area contributed by atoms with Crippen molar-refractivity contribution < 1.29 is 23.1 Å². The van der Waals surface area contributed by atoms with Gasteiger partial charge >= 0.3 is 0 Å². The number of carbonyl (C=O) groups excluding carboxylic acids is 1. The van der Waals surface area contributed by atoms with Gasteiger partial charge in [-0.2, -0.15) is 0 Å². The fourth-order valence-electron chi connectivity index (χ4n) is 4.16. The lowest BCUT2D eigenvalue weighted by atomic mass is 10.0. The van der Waals surface area contributed by atoms with Gasteiger partial charge in [0.25, 0.3) is 0 Å². The molecule has 1 fully saturated rings. The number of benzene rings is 2. The molecule has 1 heterocycles. The number of aliphatic hydroxyl groups excluding tert-OH is 1. The highest BCUT2D eigenvalue weighted by molar-refractivity contribution is 7.90. The largest absolute Gasteiger partial charge is 0.394 e. The zero-order chi connectivity index (χ0) is 26.1. The lowest BCUT2D eigenvalue weighted by Gasteiger charge is -2.19. The van der Waals surface area contributed by atoms with Gasteiger partial charge in [0.2, 0.25) is 5.91 Å². The minimum absolute atomic E-state index is 0.0347. The highest BCUT2D eigenvalue weighted by Crippen LogP contribution is 2.22. The van der Waals surface area contributed by atoms with Crippen molar-refractivity contribution in [2.24, 2.45) is 0 Å². The summed E-state index contributed by atoms with van der Waals surface area (Å²) in [6, 6.07) is 13.8. The topological polar surface area (TPSA) is 105 Å². The number of carbonyl (C=O) groups is 1. The van der Waals surface area contributed by atoms with Crippen LogP contribution in [0.2, 0.25) is 0 Å². The molecule has 0 aliphatic carbocycles. The van der Waals surface area contributed by atoms with Crippen molar-refractivity contribution in [1.82, 2.24) is 10.6 Å². The molecule has 3 unspecified atom stereocenters. The number of hydrogen-bond acceptors (Lipinski definition) is 6. The summed E-state index contributed by atoms with van der Waals surface area (Å²) in [5.41, 5.74) is 3.95. The Morgan fingerprint density at radius 3 is 2.33 bits per heavy atom. The third kappa shape index (κ3) is 7.86. The summed E-state index contributed by atoms with van der Waals surface area (Å²) in [4.78, 5) is 13.1. The fraction of sp³-hybridized carbons (Fsp3) is 0.393. The number of sulfone groups is 1. The molecule has 3 atom stereocenters. The van der Waals surface area contributed by atoms with Crippen LogP contribution in [0.5, 0.6) is 0 Å². The van der Waals surface area contributed by atoms with E-state index in [1.807, 2.05) is 56.3 Å². The van der Waals surface area contributed by atoms with Crippen LogP contribution < -0.4 is 10.6 Å². The van der Waals surface area contributed by atoms with Gasteiger partial charge in [-0.05, 0) is 61.1 Å². The highest BCUT2D eigenvalue weighted by atomic mass is 32.2. The van der Waals surface area contributed by atoms with E-state index >= 15 is 0 Å². The Morgan fingerprint density at radius 1 is 1.14 bits per heavy atom. The van der Waals surface area contributed by atoms with Crippen LogP contribution in [0.25, 0.3) is 11.1 Å². The molecule has 1 amide bonds. The second-order valence-corrected chi connectivity index (χ2v) is 11.1. The Labute approximate surface area is 214 Å². The highest BCUT2D eigenvalue weighted by Gasteiger charge is 2.31. The molecule has 2 aromatic rings. The smallest absolute Gasteiger partial charge is 0.237 e. The van der Waals surface area contributed by atoms with E-state index in [4.69, 9.17) is 4.74 Å². The minimum Gasteiger partial charge on any atom is -0.394 e. The van der Waals surface area contributed by atoms with Gasteiger partial charge in [0.05, 0.1) is 36.3 Å². The van der Waals surface area contributed by atoms with E-state index in [-0.39, 0.29) is 29.6 Å². The van der Waals surface area contributed by atoms with Gasteiger partial charge in [-0.25, -0.2) is 8.42 Å².